The summed E-state index contributed by atoms with van der Waals surface area (Å²) in [4.78, 5) is 5.34. The first kappa shape index (κ1) is 14.3. The van der Waals surface area contributed by atoms with Crippen LogP contribution >= 0.6 is 0 Å². The Kier molecular flexibility index (Phi) is 5.93. The molecule has 1 aliphatic carbocycles. The van der Waals surface area contributed by atoms with E-state index < -0.39 is 0 Å². The normalized spacial score (nSPS) is 25.7. The molecule has 1 unspecified atom stereocenters. The first-order valence-corrected chi connectivity index (χ1v) is 8.01. The van der Waals surface area contributed by atoms with Gasteiger partial charge in [0, 0.05) is 38.3 Å². The molecule has 1 saturated heterocycles. The van der Waals surface area contributed by atoms with Crippen molar-refractivity contribution >= 4 is 0 Å². The first-order valence-electron chi connectivity index (χ1n) is 8.01. The van der Waals surface area contributed by atoms with Gasteiger partial charge in [0.2, 0.25) is 0 Å². The van der Waals surface area contributed by atoms with Crippen LogP contribution in [0.2, 0.25) is 0 Å². The molecule has 1 saturated carbocycles. The molecule has 2 N–H and O–H groups in total. The SMILES string of the molecule is CCCC(N)CCN1CCN(C2CCCC2)CC1. The van der Waals surface area contributed by atoms with Gasteiger partial charge in [0.15, 0.2) is 0 Å². The number of rotatable bonds is 6. The Balaban J connectivity index is 1.61. The van der Waals surface area contributed by atoms with Crippen LogP contribution in [-0.4, -0.2) is 54.6 Å². The maximum atomic E-state index is 6.09. The molecule has 2 aliphatic rings. The largest absolute Gasteiger partial charge is 0.328 e. The smallest absolute Gasteiger partial charge is 0.0113 e. The summed E-state index contributed by atoms with van der Waals surface area (Å²) in [6.45, 7) is 8.52. The lowest BCUT2D eigenvalue weighted by atomic mass is 10.1. The van der Waals surface area contributed by atoms with Gasteiger partial charge in [0.1, 0.15) is 0 Å². The van der Waals surface area contributed by atoms with Gasteiger partial charge in [-0.05, 0) is 32.2 Å². The monoisotopic (exact) mass is 253 g/mol. The second-order valence-corrected chi connectivity index (χ2v) is 6.15. The molecular weight excluding hydrogens is 222 g/mol. The van der Waals surface area contributed by atoms with Crippen molar-refractivity contribution in [3.05, 3.63) is 0 Å². The van der Waals surface area contributed by atoms with Gasteiger partial charge in [0.25, 0.3) is 0 Å². The lowest BCUT2D eigenvalue weighted by Gasteiger charge is -2.38. The van der Waals surface area contributed by atoms with Crippen LogP contribution in [0.1, 0.15) is 51.9 Å². The average Bonchev–Trinajstić information content (AvgIpc) is 2.91. The Hall–Kier alpha value is -0.120. The maximum absolute atomic E-state index is 6.09. The quantitative estimate of drug-likeness (QED) is 0.786. The molecule has 106 valence electrons. The lowest BCUT2D eigenvalue weighted by Crippen LogP contribution is -2.50. The van der Waals surface area contributed by atoms with Crippen molar-refractivity contribution in [2.75, 3.05) is 32.7 Å². The van der Waals surface area contributed by atoms with E-state index >= 15 is 0 Å². The zero-order valence-corrected chi connectivity index (χ0v) is 12.1. The fraction of sp³-hybridized carbons (Fsp3) is 1.00. The van der Waals surface area contributed by atoms with Crippen LogP contribution in [0, 0.1) is 0 Å². The Morgan fingerprint density at radius 2 is 1.72 bits per heavy atom. The van der Waals surface area contributed by atoms with E-state index in [1.165, 1.54) is 77.7 Å². The minimum absolute atomic E-state index is 0.419. The Morgan fingerprint density at radius 1 is 1.06 bits per heavy atom. The highest BCUT2D eigenvalue weighted by Gasteiger charge is 2.25. The van der Waals surface area contributed by atoms with Crippen LogP contribution in [0.4, 0.5) is 0 Å². The van der Waals surface area contributed by atoms with Gasteiger partial charge in [-0.15, -0.1) is 0 Å². The second kappa shape index (κ2) is 7.46. The zero-order valence-electron chi connectivity index (χ0n) is 12.1. The minimum atomic E-state index is 0.419. The number of nitrogens with two attached hydrogens (primary N) is 1. The van der Waals surface area contributed by atoms with Crippen LogP contribution in [0.15, 0.2) is 0 Å². The van der Waals surface area contributed by atoms with Gasteiger partial charge >= 0.3 is 0 Å². The van der Waals surface area contributed by atoms with Crippen LogP contribution in [0.25, 0.3) is 0 Å². The summed E-state index contributed by atoms with van der Waals surface area (Å²) in [6.07, 6.45) is 9.38. The number of nitrogens with zero attached hydrogens (tertiary/aromatic N) is 2. The maximum Gasteiger partial charge on any atom is 0.0113 e. The lowest BCUT2D eigenvalue weighted by molar-refractivity contribution is 0.0958. The van der Waals surface area contributed by atoms with Crippen LogP contribution in [0.3, 0.4) is 0 Å². The molecule has 2 fully saturated rings. The highest BCUT2D eigenvalue weighted by atomic mass is 15.3. The van der Waals surface area contributed by atoms with E-state index in [0.29, 0.717) is 6.04 Å². The predicted octanol–water partition coefficient (Wildman–Crippen LogP) is 2.06. The Morgan fingerprint density at radius 3 is 2.33 bits per heavy atom. The number of hydrogen-bond acceptors (Lipinski definition) is 3. The summed E-state index contributed by atoms with van der Waals surface area (Å²) >= 11 is 0. The molecule has 1 aliphatic heterocycles. The Labute approximate surface area is 113 Å². The van der Waals surface area contributed by atoms with Crippen molar-refractivity contribution in [1.29, 1.82) is 0 Å². The van der Waals surface area contributed by atoms with E-state index in [0.717, 1.165) is 6.04 Å². The molecule has 0 aromatic heterocycles. The van der Waals surface area contributed by atoms with Crippen LogP contribution in [-0.2, 0) is 0 Å². The molecule has 0 radical (unpaired) electrons. The molecule has 0 spiro atoms. The summed E-state index contributed by atoms with van der Waals surface area (Å²) in [6, 6.07) is 1.33. The molecule has 0 amide bonds. The first-order chi connectivity index (χ1) is 8.79. The third kappa shape index (κ3) is 4.22. The fourth-order valence-electron chi connectivity index (χ4n) is 3.49. The summed E-state index contributed by atoms with van der Waals surface area (Å²) in [7, 11) is 0. The predicted molar refractivity (Wildman–Crippen MR) is 77.8 cm³/mol. The zero-order chi connectivity index (χ0) is 12.8. The second-order valence-electron chi connectivity index (χ2n) is 6.15. The summed E-state index contributed by atoms with van der Waals surface area (Å²) in [5.41, 5.74) is 6.09. The van der Waals surface area contributed by atoms with Crippen LogP contribution in [0.5, 0.6) is 0 Å². The molecule has 1 atom stereocenters. The molecule has 0 aromatic carbocycles. The van der Waals surface area contributed by atoms with Gasteiger partial charge in [-0.25, -0.2) is 0 Å². The molecule has 18 heavy (non-hydrogen) atoms. The summed E-state index contributed by atoms with van der Waals surface area (Å²) in [5.74, 6) is 0. The topological polar surface area (TPSA) is 32.5 Å². The van der Waals surface area contributed by atoms with Crippen molar-refractivity contribution in [3.8, 4) is 0 Å². The third-order valence-electron chi connectivity index (χ3n) is 4.72. The van der Waals surface area contributed by atoms with Crippen molar-refractivity contribution in [2.24, 2.45) is 5.73 Å². The van der Waals surface area contributed by atoms with Crippen molar-refractivity contribution in [2.45, 2.75) is 64.0 Å². The van der Waals surface area contributed by atoms with E-state index in [4.69, 9.17) is 5.73 Å². The molecule has 3 heteroatoms. The van der Waals surface area contributed by atoms with Crippen LogP contribution < -0.4 is 5.73 Å². The minimum Gasteiger partial charge on any atom is -0.328 e. The molecule has 3 nitrogen and oxygen atoms in total. The fourth-order valence-corrected chi connectivity index (χ4v) is 3.49. The average molecular weight is 253 g/mol. The molecule has 2 rings (SSSR count). The molecular formula is C15H31N3. The van der Waals surface area contributed by atoms with E-state index in [1.807, 2.05) is 0 Å². The molecule has 0 bridgehead atoms. The number of piperazine rings is 1. The molecule has 0 aromatic rings. The summed E-state index contributed by atoms with van der Waals surface area (Å²) < 4.78 is 0. The van der Waals surface area contributed by atoms with Gasteiger partial charge in [-0.3, -0.25) is 4.90 Å². The van der Waals surface area contributed by atoms with Gasteiger partial charge in [-0.1, -0.05) is 26.2 Å². The number of hydrogen-bond donors (Lipinski definition) is 1. The standard InChI is InChI=1S/C15H31N3/c1-2-5-14(16)8-9-17-10-12-18(13-11-17)15-6-3-4-7-15/h14-15H,2-13,16H2,1H3. The summed E-state index contributed by atoms with van der Waals surface area (Å²) in [5, 5.41) is 0. The highest BCUT2D eigenvalue weighted by molar-refractivity contribution is 4.82. The van der Waals surface area contributed by atoms with Crippen molar-refractivity contribution < 1.29 is 0 Å². The van der Waals surface area contributed by atoms with Gasteiger partial charge in [-0.2, -0.15) is 0 Å². The van der Waals surface area contributed by atoms with E-state index in [9.17, 15) is 0 Å². The third-order valence-corrected chi connectivity index (χ3v) is 4.72. The Bertz CT molecular complexity index is 218. The van der Waals surface area contributed by atoms with Gasteiger partial charge in [0.05, 0.1) is 0 Å². The van der Waals surface area contributed by atoms with Crippen molar-refractivity contribution in [3.63, 3.8) is 0 Å². The van der Waals surface area contributed by atoms with E-state index in [1.54, 1.807) is 0 Å². The van der Waals surface area contributed by atoms with E-state index in [-0.39, 0.29) is 0 Å². The molecule has 1 heterocycles. The highest BCUT2D eigenvalue weighted by Crippen LogP contribution is 2.24. The van der Waals surface area contributed by atoms with Crippen molar-refractivity contribution in [1.82, 2.24) is 9.80 Å². The van der Waals surface area contributed by atoms with E-state index in [2.05, 4.69) is 16.7 Å². The van der Waals surface area contributed by atoms with Gasteiger partial charge < -0.3 is 10.6 Å².